The SMILES string of the molecule is CCC(CC(N)=NO)NC(=O)Nc1ccc(C)c(Cl)c1. The Morgan fingerprint density at radius 2 is 2.25 bits per heavy atom. The Hall–Kier alpha value is -1.95. The summed E-state index contributed by atoms with van der Waals surface area (Å²) in [6.07, 6.45) is 0.952. The molecule has 0 aliphatic carbocycles. The van der Waals surface area contributed by atoms with Gasteiger partial charge in [-0.05, 0) is 31.0 Å². The molecule has 0 aliphatic rings. The Labute approximate surface area is 123 Å². The lowest BCUT2D eigenvalue weighted by atomic mass is 10.1. The van der Waals surface area contributed by atoms with Crippen molar-refractivity contribution in [2.75, 3.05) is 5.32 Å². The van der Waals surface area contributed by atoms with Crippen LogP contribution in [0.25, 0.3) is 0 Å². The van der Waals surface area contributed by atoms with Crippen molar-refractivity contribution in [3.05, 3.63) is 28.8 Å². The van der Waals surface area contributed by atoms with Gasteiger partial charge in [0, 0.05) is 23.2 Å². The predicted octanol–water partition coefficient (Wildman–Crippen LogP) is 2.69. The van der Waals surface area contributed by atoms with Crippen LogP contribution in [0.3, 0.4) is 0 Å². The van der Waals surface area contributed by atoms with E-state index >= 15 is 0 Å². The van der Waals surface area contributed by atoms with Crippen LogP contribution < -0.4 is 16.4 Å². The first-order valence-electron chi connectivity index (χ1n) is 6.26. The molecule has 0 spiro atoms. The number of aryl methyl sites for hydroxylation is 1. The molecule has 1 aromatic carbocycles. The molecule has 6 nitrogen and oxygen atoms in total. The first-order valence-corrected chi connectivity index (χ1v) is 6.64. The number of halogens is 1. The summed E-state index contributed by atoms with van der Waals surface area (Å²) in [6, 6.07) is 4.71. The van der Waals surface area contributed by atoms with Crippen LogP contribution in [0.15, 0.2) is 23.4 Å². The third-order valence-corrected chi connectivity index (χ3v) is 3.25. The molecule has 0 saturated carbocycles. The second kappa shape index (κ2) is 7.59. The minimum absolute atomic E-state index is 0.0792. The van der Waals surface area contributed by atoms with Crippen LogP contribution in [0.2, 0.25) is 5.02 Å². The van der Waals surface area contributed by atoms with Crippen molar-refractivity contribution in [2.45, 2.75) is 32.7 Å². The van der Waals surface area contributed by atoms with Crippen molar-refractivity contribution in [1.82, 2.24) is 5.32 Å². The Bertz CT molecular complexity index is 505. The molecule has 0 fully saturated rings. The first-order chi connectivity index (χ1) is 9.46. The van der Waals surface area contributed by atoms with Crippen molar-refractivity contribution < 1.29 is 10.0 Å². The summed E-state index contributed by atoms with van der Waals surface area (Å²) in [7, 11) is 0. The minimum Gasteiger partial charge on any atom is -0.409 e. The predicted molar refractivity (Wildman–Crippen MR) is 80.4 cm³/mol. The maximum Gasteiger partial charge on any atom is 0.319 e. The van der Waals surface area contributed by atoms with E-state index in [2.05, 4.69) is 15.8 Å². The van der Waals surface area contributed by atoms with Gasteiger partial charge < -0.3 is 21.6 Å². The molecule has 5 N–H and O–H groups in total. The summed E-state index contributed by atoms with van der Waals surface area (Å²) >= 11 is 5.99. The normalized spacial score (nSPS) is 12.8. The molecule has 1 unspecified atom stereocenters. The highest BCUT2D eigenvalue weighted by atomic mass is 35.5. The third-order valence-electron chi connectivity index (χ3n) is 2.84. The topological polar surface area (TPSA) is 99.7 Å². The van der Waals surface area contributed by atoms with E-state index in [1.165, 1.54) is 0 Å². The van der Waals surface area contributed by atoms with Gasteiger partial charge in [-0.2, -0.15) is 0 Å². The Balaban J connectivity index is 2.59. The number of nitrogens with zero attached hydrogens (tertiary/aromatic N) is 1. The number of amides is 2. The summed E-state index contributed by atoms with van der Waals surface area (Å²) in [5, 5.41) is 17.4. The number of oxime groups is 1. The van der Waals surface area contributed by atoms with Gasteiger partial charge in [-0.15, -0.1) is 0 Å². The zero-order valence-electron chi connectivity index (χ0n) is 11.5. The molecule has 0 aromatic heterocycles. The molecule has 110 valence electrons. The molecule has 0 bridgehead atoms. The van der Waals surface area contributed by atoms with Crippen LogP contribution in [0, 0.1) is 6.92 Å². The highest BCUT2D eigenvalue weighted by molar-refractivity contribution is 6.31. The van der Waals surface area contributed by atoms with Gasteiger partial charge in [0.25, 0.3) is 0 Å². The quantitative estimate of drug-likeness (QED) is 0.291. The van der Waals surface area contributed by atoms with Gasteiger partial charge in [-0.1, -0.05) is 29.7 Å². The zero-order chi connectivity index (χ0) is 15.1. The van der Waals surface area contributed by atoms with Crippen LogP contribution in [0.1, 0.15) is 25.3 Å². The maximum absolute atomic E-state index is 11.8. The fraction of sp³-hybridized carbons (Fsp3) is 0.385. The van der Waals surface area contributed by atoms with Crippen molar-refractivity contribution in [2.24, 2.45) is 10.9 Å². The van der Waals surface area contributed by atoms with Crippen molar-refractivity contribution in [3.8, 4) is 0 Å². The number of amidine groups is 1. The average Bonchev–Trinajstić information content (AvgIpc) is 2.41. The summed E-state index contributed by atoms with van der Waals surface area (Å²) in [6.45, 7) is 3.79. The van der Waals surface area contributed by atoms with Gasteiger partial charge in [-0.25, -0.2) is 4.79 Å². The highest BCUT2D eigenvalue weighted by Crippen LogP contribution is 2.19. The molecule has 0 radical (unpaired) electrons. The van der Waals surface area contributed by atoms with Gasteiger partial charge in [0.1, 0.15) is 5.84 Å². The highest BCUT2D eigenvalue weighted by Gasteiger charge is 2.12. The van der Waals surface area contributed by atoms with Crippen LogP contribution in [0.4, 0.5) is 10.5 Å². The molecular formula is C13H19ClN4O2. The summed E-state index contributed by atoms with van der Waals surface area (Å²) in [5.41, 5.74) is 6.97. The second-order valence-electron chi connectivity index (χ2n) is 4.46. The van der Waals surface area contributed by atoms with E-state index in [0.717, 1.165) is 5.56 Å². The number of carbonyl (C=O) groups excluding carboxylic acids is 1. The average molecular weight is 299 g/mol. The fourth-order valence-corrected chi connectivity index (χ4v) is 1.79. The van der Waals surface area contributed by atoms with Crippen LogP contribution in [-0.2, 0) is 0 Å². The number of nitrogens with one attached hydrogen (secondary N) is 2. The fourth-order valence-electron chi connectivity index (χ4n) is 1.61. The van der Waals surface area contributed by atoms with E-state index in [1.807, 2.05) is 19.9 Å². The van der Waals surface area contributed by atoms with E-state index in [9.17, 15) is 4.79 Å². The number of urea groups is 1. The van der Waals surface area contributed by atoms with E-state index in [0.29, 0.717) is 17.1 Å². The summed E-state index contributed by atoms with van der Waals surface area (Å²) < 4.78 is 0. The monoisotopic (exact) mass is 298 g/mol. The van der Waals surface area contributed by atoms with E-state index in [1.54, 1.807) is 12.1 Å². The van der Waals surface area contributed by atoms with Crippen molar-refractivity contribution in [1.29, 1.82) is 0 Å². The van der Waals surface area contributed by atoms with E-state index in [4.69, 9.17) is 22.5 Å². The number of carbonyl (C=O) groups is 1. The maximum atomic E-state index is 11.8. The molecule has 0 aliphatic heterocycles. The van der Waals surface area contributed by atoms with Crippen LogP contribution in [0.5, 0.6) is 0 Å². The molecule has 1 atom stereocenters. The van der Waals surface area contributed by atoms with Crippen LogP contribution in [-0.4, -0.2) is 23.1 Å². The Morgan fingerprint density at radius 3 is 2.80 bits per heavy atom. The Morgan fingerprint density at radius 1 is 1.55 bits per heavy atom. The second-order valence-corrected chi connectivity index (χ2v) is 4.87. The molecule has 1 aromatic rings. The number of nitrogens with two attached hydrogens (primary N) is 1. The summed E-state index contributed by atoms with van der Waals surface area (Å²) in [4.78, 5) is 11.8. The lowest BCUT2D eigenvalue weighted by Gasteiger charge is -2.17. The molecule has 0 heterocycles. The number of hydrogen-bond donors (Lipinski definition) is 4. The smallest absolute Gasteiger partial charge is 0.319 e. The van der Waals surface area contributed by atoms with Gasteiger partial charge >= 0.3 is 6.03 Å². The molecule has 1 rings (SSSR count). The van der Waals surface area contributed by atoms with Gasteiger partial charge in [0.2, 0.25) is 0 Å². The number of rotatable bonds is 5. The van der Waals surface area contributed by atoms with Crippen molar-refractivity contribution >= 4 is 29.2 Å². The first kappa shape index (κ1) is 16.1. The number of benzene rings is 1. The molecule has 7 heteroatoms. The standard InChI is InChI=1S/C13H19ClN4O2/c1-3-9(7-12(15)18-20)16-13(19)17-10-5-4-8(2)11(14)6-10/h4-6,9,20H,3,7H2,1-2H3,(H2,15,18)(H2,16,17,19). The minimum atomic E-state index is -0.359. The molecule has 0 saturated heterocycles. The van der Waals surface area contributed by atoms with E-state index < -0.39 is 0 Å². The molecule has 20 heavy (non-hydrogen) atoms. The van der Waals surface area contributed by atoms with E-state index in [-0.39, 0.29) is 24.3 Å². The number of hydrogen-bond acceptors (Lipinski definition) is 3. The van der Waals surface area contributed by atoms with Gasteiger partial charge in [-0.3, -0.25) is 0 Å². The third kappa shape index (κ3) is 4.97. The van der Waals surface area contributed by atoms with Gasteiger partial charge in [0.15, 0.2) is 0 Å². The molecule has 2 amide bonds. The van der Waals surface area contributed by atoms with Crippen molar-refractivity contribution in [3.63, 3.8) is 0 Å². The largest absolute Gasteiger partial charge is 0.409 e. The molecular weight excluding hydrogens is 280 g/mol. The lowest BCUT2D eigenvalue weighted by Crippen LogP contribution is -2.40. The zero-order valence-corrected chi connectivity index (χ0v) is 12.2. The lowest BCUT2D eigenvalue weighted by molar-refractivity contribution is 0.248. The number of anilines is 1. The van der Waals surface area contributed by atoms with Gasteiger partial charge in [0.05, 0.1) is 0 Å². The van der Waals surface area contributed by atoms with Crippen LogP contribution >= 0.6 is 11.6 Å². The summed E-state index contributed by atoms with van der Waals surface area (Å²) in [5.74, 6) is 0.0792. The Kier molecular flexibility index (Phi) is 6.11.